The number of hydrogen-bond donors (Lipinski definition) is 0. The van der Waals surface area contributed by atoms with Gasteiger partial charge in [0.1, 0.15) is 5.58 Å². The first-order valence-corrected chi connectivity index (χ1v) is 8.77. The molecule has 0 fully saturated rings. The van der Waals surface area contributed by atoms with E-state index in [9.17, 15) is 9.59 Å². The summed E-state index contributed by atoms with van der Waals surface area (Å²) >= 11 is 0. The Hall–Kier alpha value is -2.88. The van der Waals surface area contributed by atoms with Crippen LogP contribution in [0.25, 0.3) is 11.0 Å². The van der Waals surface area contributed by atoms with Crippen molar-refractivity contribution >= 4 is 16.9 Å². The van der Waals surface area contributed by atoms with E-state index in [-0.39, 0.29) is 11.8 Å². The van der Waals surface area contributed by atoms with Crippen LogP contribution in [-0.4, -0.2) is 5.97 Å². The van der Waals surface area contributed by atoms with Crippen LogP contribution >= 0.6 is 0 Å². The second-order valence-corrected chi connectivity index (χ2v) is 6.92. The van der Waals surface area contributed by atoms with Gasteiger partial charge in [-0.15, -0.1) is 0 Å². The lowest BCUT2D eigenvalue weighted by atomic mass is 9.97. The fourth-order valence-corrected chi connectivity index (χ4v) is 3.02. The van der Waals surface area contributed by atoms with E-state index in [0.717, 1.165) is 5.56 Å². The van der Waals surface area contributed by atoms with Crippen molar-refractivity contribution in [3.8, 4) is 5.75 Å². The van der Waals surface area contributed by atoms with Gasteiger partial charge in [0.05, 0.1) is 16.5 Å². The molecule has 0 N–H and O–H groups in total. The van der Waals surface area contributed by atoms with E-state index in [0.29, 0.717) is 27.8 Å². The molecule has 4 heteroatoms. The van der Waals surface area contributed by atoms with Crippen LogP contribution in [0.1, 0.15) is 61.0 Å². The molecular formula is C22H22O4. The molecule has 0 unspecified atom stereocenters. The van der Waals surface area contributed by atoms with Crippen LogP contribution in [0.3, 0.4) is 0 Å². The minimum absolute atomic E-state index is 0.142. The Balaban J connectivity index is 2.24. The van der Waals surface area contributed by atoms with Crippen LogP contribution in [-0.2, 0) is 0 Å². The SMILES string of the molecule is CC(C)c1c(OC(=O)c2ccccc2)c2cccc(C(C)C)c2oc1=O. The number of esters is 1. The minimum atomic E-state index is -0.491. The van der Waals surface area contributed by atoms with E-state index in [1.807, 2.05) is 52.0 Å². The van der Waals surface area contributed by atoms with Gasteiger partial charge >= 0.3 is 11.6 Å². The number of hydrogen-bond acceptors (Lipinski definition) is 4. The van der Waals surface area contributed by atoms with Gasteiger partial charge in [-0.3, -0.25) is 0 Å². The molecule has 26 heavy (non-hydrogen) atoms. The predicted molar refractivity (Wildman–Crippen MR) is 102 cm³/mol. The van der Waals surface area contributed by atoms with E-state index in [4.69, 9.17) is 9.15 Å². The Morgan fingerprint density at radius 3 is 2.23 bits per heavy atom. The van der Waals surface area contributed by atoms with Gasteiger partial charge < -0.3 is 9.15 Å². The molecular weight excluding hydrogens is 328 g/mol. The zero-order chi connectivity index (χ0) is 18.8. The van der Waals surface area contributed by atoms with Gasteiger partial charge in [-0.05, 0) is 35.6 Å². The highest BCUT2D eigenvalue weighted by molar-refractivity contribution is 5.95. The molecule has 0 aliphatic carbocycles. The first-order chi connectivity index (χ1) is 12.4. The standard InChI is InChI=1S/C22H22O4/c1-13(2)16-11-8-12-17-19(16)25-22(24)18(14(3)4)20(17)26-21(23)15-9-6-5-7-10-15/h5-14H,1-4H3. The molecule has 0 aliphatic rings. The van der Waals surface area contributed by atoms with E-state index in [1.165, 1.54) is 0 Å². The van der Waals surface area contributed by atoms with Crippen LogP contribution in [0, 0.1) is 0 Å². The quantitative estimate of drug-likeness (QED) is 0.476. The third kappa shape index (κ3) is 3.27. The molecule has 0 amide bonds. The Bertz CT molecular complexity index is 998. The molecule has 1 heterocycles. The molecule has 0 spiro atoms. The second-order valence-electron chi connectivity index (χ2n) is 6.92. The molecule has 0 aliphatic heterocycles. The van der Waals surface area contributed by atoms with Crippen molar-refractivity contribution in [2.24, 2.45) is 0 Å². The Morgan fingerprint density at radius 2 is 1.62 bits per heavy atom. The molecule has 0 saturated carbocycles. The maximum absolute atomic E-state index is 12.6. The summed E-state index contributed by atoms with van der Waals surface area (Å²) in [5.74, 6) is -0.168. The van der Waals surface area contributed by atoms with Gasteiger partial charge in [0, 0.05) is 0 Å². The van der Waals surface area contributed by atoms with Gasteiger partial charge in [0.2, 0.25) is 0 Å². The topological polar surface area (TPSA) is 56.5 Å². The smallest absolute Gasteiger partial charge is 0.343 e. The normalized spacial score (nSPS) is 11.3. The van der Waals surface area contributed by atoms with E-state index in [1.54, 1.807) is 24.3 Å². The molecule has 0 bridgehead atoms. The molecule has 3 aromatic rings. The van der Waals surface area contributed by atoms with Crippen molar-refractivity contribution in [1.29, 1.82) is 0 Å². The van der Waals surface area contributed by atoms with Crippen LogP contribution in [0.5, 0.6) is 5.75 Å². The van der Waals surface area contributed by atoms with Gasteiger partial charge in [0.25, 0.3) is 0 Å². The number of carbonyl (C=O) groups excluding carboxylic acids is 1. The van der Waals surface area contributed by atoms with Gasteiger partial charge in [0.15, 0.2) is 5.75 Å². The van der Waals surface area contributed by atoms with Crippen LogP contribution < -0.4 is 10.4 Å². The number of carbonyl (C=O) groups is 1. The first-order valence-electron chi connectivity index (χ1n) is 8.77. The van der Waals surface area contributed by atoms with E-state index >= 15 is 0 Å². The average Bonchev–Trinajstić information content (AvgIpc) is 2.61. The predicted octanol–water partition coefficient (Wildman–Crippen LogP) is 5.26. The van der Waals surface area contributed by atoms with Crippen molar-refractivity contribution < 1.29 is 13.9 Å². The Labute approximate surface area is 152 Å². The Morgan fingerprint density at radius 1 is 0.923 bits per heavy atom. The van der Waals surface area contributed by atoms with Gasteiger partial charge in [-0.2, -0.15) is 0 Å². The number of rotatable bonds is 4. The lowest BCUT2D eigenvalue weighted by Gasteiger charge is -2.16. The van der Waals surface area contributed by atoms with Crippen molar-refractivity contribution in [3.05, 3.63) is 75.6 Å². The van der Waals surface area contributed by atoms with Crippen LogP contribution in [0.15, 0.2) is 57.7 Å². The highest BCUT2D eigenvalue weighted by atomic mass is 16.5. The molecule has 3 rings (SSSR count). The molecule has 1 aromatic heterocycles. The molecule has 0 atom stereocenters. The average molecular weight is 350 g/mol. The fraction of sp³-hybridized carbons (Fsp3) is 0.273. The summed E-state index contributed by atoms with van der Waals surface area (Å²) in [5.41, 5.74) is 1.74. The minimum Gasteiger partial charge on any atom is -0.422 e. The molecule has 134 valence electrons. The zero-order valence-corrected chi connectivity index (χ0v) is 15.4. The summed E-state index contributed by atoms with van der Waals surface area (Å²) in [7, 11) is 0. The third-order valence-corrected chi connectivity index (χ3v) is 4.35. The van der Waals surface area contributed by atoms with Gasteiger partial charge in [-0.1, -0.05) is 58.0 Å². The van der Waals surface area contributed by atoms with Crippen molar-refractivity contribution in [3.63, 3.8) is 0 Å². The Kier molecular flexibility index (Phi) is 4.94. The second kappa shape index (κ2) is 7.16. The summed E-state index contributed by atoms with van der Waals surface area (Å²) in [6, 6.07) is 14.4. The number of ether oxygens (including phenoxy) is 1. The summed E-state index contributed by atoms with van der Waals surface area (Å²) < 4.78 is 11.4. The molecule has 0 radical (unpaired) electrons. The van der Waals surface area contributed by atoms with Gasteiger partial charge in [-0.25, -0.2) is 9.59 Å². The maximum Gasteiger partial charge on any atom is 0.343 e. The summed E-state index contributed by atoms with van der Waals surface area (Å²) in [5, 5.41) is 0.642. The first kappa shape index (κ1) is 17.9. The highest BCUT2D eigenvalue weighted by Crippen LogP contribution is 2.35. The van der Waals surface area contributed by atoms with E-state index in [2.05, 4.69) is 0 Å². The van der Waals surface area contributed by atoms with Crippen molar-refractivity contribution in [2.75, 3.05) is 0 Å². The number of benzene rings is 2. The number of para-hydroxylation sites is 1. The summed E-state index contributed by atoms with van der Waals surface area (Å²) in [6.07, 6.45) is 0. The van der Waals surface area contributed by atoms with E-state index < -0.39 is 11.6 Å². The van der Waals surface area contributed by atoms with Crippen LogP contribution in [0.4, 0.5) is 0 Å². The lowest BCUT2D eigenvalue weighted by Crippen LogP contribution is -2.17. The van der Waals surface area contributed by atoms with Crippen molar-refractivity contribution in [2.45, 2.75) is 39.5 Å². The molecule has 4 nitrogen and oxygen atoms in total. The molecule has 2 aromatic carbocycles. The highest BCUT2D eigenvalue weighted by Gasteiger charge is 2.23. The lowest BCUT2D eigenvalue weighted by molar-refractivity contribution is 0.0734. The maximum atomic E-state index is 12.6. The van der Waals surface area contributed by atoms with Crippen LogP contribution in [0.2, 0.25) is 0 Å². The largest absolute Gasteiger partial charge is 0.422 e. The van der Waals surface area contributed by atoms with Crippen molar-refractivity contribution in [1.82, 2.24) is 0 Å². The third-order valence-electron chi connectivity index (χ3n) is 4.35. The monoisotopic (exact) mass is 350 g/mol. The summed E-state index contributed by atoms with van der Waals surface area (Å²) in [4.78, 5) is 25.2. The zero-order valence-electron chi connectivity index (χ0n) is 15.4. The summed E-state index contributed by atoms with van der Waals surface area (Å²) in [6.45, 7) is 7.82. The number of fused-ring (bicyclic) bond motifs is 1. The molecule has 0 saturated heterocycles. The fourth-order valence-electron chi connectivity index (χ4n) is 3.02.